The van der Waals surface area contributed by atoms with E-state index in [9.17, 15) is 15.0 Å². The molecule has 178 valence electrons. The maximum absolute atomic E-state index is 11.7. The minimum absolute atomic E-state index is 0.185. The SMILES string of the molecule is CC[C@H]1[C@@H](O)C2[C@H](CC[C@]3(C)[C@@H]([C@H](C)CCNC(N)=O)CC[C@@H]23)C2(C)CC[C@@H](O)C[C@@H]12. The molecule has 0 saturated heterocycles. The Morgan fingerprint density at radius 2 is 1.74 bits per heavy atom. The Morgan fingerprint density at radius 1 is 1.06 bits per heavy atom. The molecular weight excluding hydrogens is 388 g/mol. The molecule has 4 aliphatic carbocycles. The van der Waals surface area contributed by atoms with Gasteiger partial charge in [-0.05, 0) is 104 Å². The number of nitrogens with two attached hydrogens (primary N) is 1. The van der Waals surface area contributed by atoms with Crippen LogP contribution in [0, 0.1) is 52.3 Å². The average Bonchev–Trinajstić information content (AvgIpc) is 3.06. The number of hydrogen-bond donors (Lipinski definition) is 4. The summed E-state index contributed by atoms with van der Waals surface area (Å²) in [6, 6.07) is -0.431. The third-order valence-electron chi connectivity index (χ3n) is 11.0. The second-order valence-electron chi connectivity index (χ2n) is 12.2. The van der Waals surface area contributed by atoms with Crippen LogP contribution >= 0.6 is 0 Å². The van der Waals surface area contributed by atoms with Crippen molar-refractivity contribution < 1.29 is 15.0 Å². The zero-order chi connectivity index (χ0) is 22.6. The lowest BCUT2D eigenvalue weighted by molar-refractivity contribution is -0.203. The van der Waals surface area contributed by atoms with Crippen LogP contribution in [0.25, 0.3) is 0 Å². The fraction of sp³-hybridized carbons (Fsp3) is 0.962. The summed E-state index contributed by atoms with van der Waals surface area (Å²) < 4.78 is 0. The summed E-state index contributed by atoms with van der Waals surface area (Å²) >= 11 is 0. The van der Waals surface area contributed by atoms with Crippen molar-refractivity contribution in [3.8, 4) is 0 Å². The quantitative estimate of drug-likeness (QED) is 0.519. The van der Waals surface area contributed by atoms with Crippen molar-refractivity contribution in [2.24, 2.45) is 58.0 Å². The van der Waals surface area contributed by atoms with Gasteiger partial charge in [0.1, 0.15) is 0 Å². The Hall–Kier alpha value is -0.810. The number of aliphatic hydroxyl groups is 2. The van der Waals surface area contributed by atoms with Gasteiger partial charge < -0.3 is 21.3 Å². The fourth-order valence-corrected chi connectivity index (χ4v) is 9.56. The van der Waals surface area contributed by atoms with E-state index in [0.29, 0.717) is 48.0 Å². The van der Waals surface area contributed by atoms with Gasteiger partial charge >= 0.3 is 6.03 Å². The van der Waals surface area contributed by atoms with E-state index in [1.807, 2.05) is 0 Å². The summed E-state index contributed by atoms with van der Waals surface area (Å²) in [4.78, 5) is 11.1. The molecule has 4 aliphatic rings. The van der Waals surface area contributed by atoms with Gasteiger partial charge in [-0.25, -0.2) is 4.79 Å². The monoisotopic (exact) mass is 434 g/mol. The maximum atomic E-state index is 11.7. The molecule has 4 saturated carbocycles. The third-order valence-corrected chi connectivity index (χ3v) is 11.0. The number of aliphatic hydroxyl groups excluding tert-OH is 2. The summed E-state index contributed by atoms with van der Waals surface area (Å²) in [6.45, 7) is 10.3. The number of nitrogens with one attached hydrogen (secondary N) is 1. The molecule has 4 rings (SSSR count). The van der Waals surface area contributed by atoms with Gasteiger partial charge in [-0.3, -0.25) is 0 Å². The number of urea groups is 1. The molecule has 0 aromatic rings. The molecule has 2 amide bonds. The normalized spacial score (nSPS) is 50.1. The summed E-state index contributed by atoms with van der Waals surface area (Å²) in [6.07, 6.45) is 9.44. The van der Waals surface area contributed by atoms with Gasteiger partial charge in [0.25, 0.3) is 0 Å². The van der Waals surface area contributed by atoms with E-state index < -0.39 is 6.03 Å². The van der Waals surface area contributed by atoms with E-state index >= 15 is 0 Å². The van der Waals surface area contributed by atoms with E-state index in [4.69, 9.17) is 5.73 Å². The summed E-state index contributed by atoms with van der Waals surface area (Å²) in [5.41, 5.74) is 5.81. The smallest absolute Gasteiger partial charge is 0.312 e. The number of carbonyl (C=O) groups is 1. The number of rotatable bonds is 5. The first-order valence-electron chi connectivity index (χ1n) is 13.0. The Kier molecular flexibility index (Phi) is 6.42. The van der Waals surface area contributed by atoms with Crippen LogP contribution in [0.5, 0.6) is 0 Å². The van der Waals surface area contributed by atoms with E-state index in [-0.39, 0.29) is 23.0 Å². The highest BCUT2D eigenvalue weighted by Gasteiger charge is 2.64. The van der Waals surface area contributed by atoms with Crippen molar-refractivity contribution >= 4 is 6.03 Å². The highest BCUT2D eigenvalue weighted by atomic mass is 16.3. The highest BCUT2D eigenvalue weighted by Crippen LogP contribution is 2.69. The zero-order valence-electron chi connectivity index (χ0n) is 20.1. The van der Waals surface area contributed by atoms with E-state index in [1.54, 1.807) is 0 Å². The molecule has 0 radical (unpaired) electrons. The van der Waals surface area contributed by atoms with Gasteiger partial charge in [0.2, 0.25) is 0 Å². The van der Waals surface area contributed by atoms with Gasteiger partial charge in [0.05, 0.1) is 12.2 Å². The lowest BCUT2D eigenvalue weighted by Gasteiger charge is -2.64. The molecule has 0 spiro atoms. The molecule has 0 aromatic carbocycles. The lowest BCUT2D eigenvalue weighted by Crippen LogP contribution is -2.62. The van der Waals surface area contributed by atoms with Crippen LogP contribution in [0.15, 0.2) is 0 Å². The molecule has 2 unspecified atom stereocenters. The maximum Gasteiger partial charge on any atom is 0.312 e. The molecule has 5 nitrogen and oxygen atoms in total. The Balaban J connectivity index is 1.57. The number of carbonyl (C=O) groups excluding carboxylic acids is 1. The van der Waals surface area contributed by atoms with Gasteiger partial charge in [0, 0.05) is 6.54 Å². The second kappa shape index (κ2) is 8.52. The van der Waals surface area contributed by atoms with E-state index in [0.717, 1.165) is 32.1 Å². The van der Waals surface area contributed by atoms with Gasteiger partial charge in [-0.2, -0.15) is 0 Å². The van der Waals surface area contributed by atoms with Crippen molar-refractivity contribution in [3.05, 3.63) is 0 Å². The molecule has 0 aromatic heterocycles. The van der Waals surface area contributed by atoms with Crippen LogP contribution in [0.2, 0.25) is 0 Å². The first-order chi connectivity index (χ1) is 14.6. The van der Waals surface area contributed by atoms with Crippen molar-refractivity contribution in [2.45, 2.75) is 97.7 Å². The lowest BCUT2D eigenvalue weighted by atomic mass is 9.41. The molecule has 5 heteroatoms. The molecule has 31 heavy (non-hydrogen) atoms. The third kappa shape index (κ3) is 3.72. The van der Waals surface area contributed by atoms with E-state index in [2.05, 4.69) is 33.0 Å². The highest BCUT2D eigenvalue weighted by molar-refractivity contribution is 5.71. The summed E-state index contributed by atoms with van der Waals surface area (Å²) in [5, 5.41) is 25.0. The average molecular weight is 435 g/mol. The van der Waals surface area contributed by atoms with Gasteiger partial charge in [-0.15, -0.1) is 0 Å². The number of amides is 2. The zero-order valence-corrected chi connectivity index (χ0v) is 20.1. The van der Waals surface area contributed by atoms with Crippen LogP contribution in [0.4, 0.5) is 4.79 Å². The van der Waals surface area contributed by atoms with Crippen LogP contribution in [0.1, 0.15) is 85.5 Å². The molecular formula is C26H46N2O3. The first kappa shape index (κ1) is 23.4. The Bertz CT molecular complexity index is 671. The topological polar surface area (TPSA) is 95.6 Å². The predicted octanol–water partition coefficient (Wildman–Crippen LogP) is 4.31. The molecule has 4 fully saturated rings. The van der Waals surface area contributed by atoms with Crippen molar-refractivity contribution in [1.29, 1.82) is 0 Å². The van der Waals surface area contributed by atoms with Crippen molar-refractivity contribution in [2.75, 3.05) is 6.54 Å². The molecule has 11 atom stereocenters. The predicted molar refractivity (Wildman–Crippen MR) is 123 cm³/mol. The van der Waals surface area contributed by atoms with Crippen LogP contribution in [0.3, 0.4) is 0 Å². The summed E-state index contributed by atoms with van der Waals surface area (Å²) in [7, 11) is 0. The first-order valence-corrected chi connectivity index (χ1v) is 13.0. The molecule has 5 N–H and O–H groups in total. The van der Waals surface area contributed by atoms with Gasteiger partial charge in [-0.1, -0.05) is 34.1 Å². The number of primary amides is 1. The van der Waals surface area contributed by atoms with Crippen molar-refractivity contribution in [1.82, 2.24) is 5.32 Å². The largest absolute Gasteiger partial charge is 0.393 e. The number of hydrogen-bond acceptors (Lipinski definition) is 3. The van der Waals surface area contributed by atoms with Crippen LogP contribution < -0.4 is 11.1 Å². The minimum atomic E-state index is -0.431. The van der Waals surface area contributed by atoms with Crippen molar-refractivity contribution in [3.63, 3.8) is 0 Å². The fourth-order valence-electron chi connectivity index (χ4n) is 9.56. The summed E-state index contributed by atoms with van der Waals surface area (Å²) in [5.74, 6) is 3.56. The Morgan fingerprint density at radius 3 is 2.42 bits per heavy atom. The Labute approximate surface area is 188 Å². The van der Waals surface area contributed by atoms with Crippen LogP contribution in [-0.2, 0) is 0 Å². The molecule has 0 bridgehead atoms. The minimum Gasteiger partial charge on any atom is -0.393 e. The van der Waals surface area contributed by atoms with Gasteiger partial charge in [0.15, 0.2) is 0 Å². The van der Waals surface area contributed by atoms with Crippen LogP contribution in [-0.4, -0.2) is 35.0 Å². The number of fused-ring (bicyclic) bond motifs is 5. The standard InChI is InChI=1S/C26H46N2O3/c1-5-17-21-14-16(29)8-11-26(21,4)20-9-12-25(3)18(15(2)10-13-28-24(27)31)6-7-19(25)22(20)23(17)30/h15-23,29-30H,5-14H2,1-4H3,(H3,27,28,31)/t15-,16-,17-,18-,19+,20+,21+,22?,23-,25-,26?/m1/s1. The molecule has 0 heterocycles. The van der Waals surface area contributed by atoms with E-state index in [1.165, 1.54) is 25.7 Å². The second-order valence-corrected chi connectivity index (χ2v) is 12.2. The molecule has 0 aliphatic heterocycles.